The molecule has 0 spiro atoms. The Balaban J connectivity index is 1.87. The summed E-state index contributed by atoms with van der Waals surface area (Å²) in [5.74, 6) is -1.08. The Hall–Kier alpha value is -3.23. The maximum Gasteiger partial charge on any atom is 0.573 e. The van der Waals surface area contributed by atoms with E-state index in [4.69, 9.17) is 17.4 Å². The van der Waals surface area contributed by atoms with Gasteiger partial charge >= 0.3 is 6.36 Å². The van der Waals surface area contributed by atoms with Gasteiger partial charge in [0, 0.05) is 12.1 Å². The van der Waals surface area contributed by atoms with Gasteiger partial charge in [0.1, 0.15) is 10.6 Å². The van der Waals surface area contributed by atoms with Crippen molar-refractivity contribution >= 4 is 50.3 Å². The number of hydrazone groups is 1. The van der Waals surface area contributed by atoms with Crippen LogP contribution in [0.5, 0.6) is 5.75 Å². The molecule has 1 amide bonds. The molecule has 32 heavy (non-hydrogen) atoms. The number of nitrogens with one attached hydrogen (secondary N) is 2. The van der Waals surface area contributed by atoms with Gasteiger partial charge in [-0.1, -0.05) is 12.1 Å². The van der Waals surface area contributed by atoms with Gasteiger partial charge < -0.3 is 15.0 Å². The van der Waals surface area contributed by atoms with Crippen LogP contribution in [0.25, 0.3) is 0 Å². The molecule has 2 aromatic rings. The first-order valence-electron chi connectivity index (χ1n) is 8.89. The number of amides is 1. The monoisotopic (exact) mass is 487 g/mol. The molecule has 14 heteroatoms. The largest absolute Gasteiger partial charge is 0.573 e. The lowest BCUT2D eigenvalue weighted by molar-refractivity contribution is -0.274. The number of carbonyl (C=O) groups is 1. The molecule has 0 saturated carbocycles. The zero-order valence-corrected chi connectivity index (χ0v) is 17.9. The minimum atomic E-state index is -4.90. The highest BCUT2D eigenvalue weighted by Crippen LogP contribution is 2.34. The summed E-state index contributed by atoms with van der Waals surface area (Å²) >= 11 is 5.08. The van der Waals surface area contributed by atoms with E-state index < -0.39 is 28.0 Å². The van der Waals surface area contributed by atoms with Gasteiger partial charge in [-0.25, -0.2) is 13.6 Å². The van der Waals surface area contributed by atoms with E-state index in [0.717, 1.165) is 12.1 Å². The normalized spacial score (nSPS) is 15.0. The number of halogens is 3. The van der Waals surface area contributed by atoms with E-state index in [-0.39, 0.29) is 33.5 Å². The van der Waals surface area contributed by atoms with Gasteiger partial charge in [-0.15, -0.1) is 13.2 Å². The third kappa shape index (κ3) is 5.15. The molecule has 0 fully saturated rings. The number of fused-ring (bicyclic) bond motifs is 1. The van der Waals surface area contributed by atoms with Crippen molar-refractivity contribution in [2.45, 2.75) is 18.2 Å². The van der Waals surface area contributed by atoms with Crippen LogP contribution in [0.3, 0.4) is 0 Å². The highest BCUT2D eigenvalue weighted by Gasteiger charge is 2.36. The summed E-state index contributed by atoms with van der Waals surface area (Å²) in [5.41, 5.74) is 2.74. The molecule has 4 N–H and O–H groups in total. The van der Waals surface area contributed by atoms with E-state index in [1.165, 1.54) is 29.2 Å². The Morgan fingerprint density at radius 3 is 2.56 bits per heavy atom. The van der Waals surface area contributed by atoms with Gasteiger partial charge in [-0.2, -0.15) is 5.10 Å². The quantitative estimate of drug-likeness (QED) is 0.436. The van der Waals surface area contributed by atoms with E-state index in [9.17, 15) is 26.4 Å². The molecule has 0 aliphatic carbocycles. The molecule has 0 bridgehead atoms. The number of nitrogens with two attached hydrogens (primary N) is 1. The first-order chi connectivity index (χ1) is 14.9. The van der Waals surface area contributed by atoms with Gasteiger partial charge in [-0.3, -0.25) is 10.2 Å². The summed E-state index contributed by atoms with van der Waals surface area (Å²) in [6, 6.07) is 9.15. The van der Waals surface area contributed by atoms with Crippen LogP contribution >= 0.6 is 12.2 Å². The lowest BCUT2D eigenvalue weighted by Crippen LogP contribution is -2.32. The fraction of sp³-hybridized carbons (Fsp3) is 0.167. The van der Waals surface area contributed by atoms with E-state index in [1.807, 2.05) is 0 Å². The predicted octanol–water partition coefficient (Wildman–Crippen LogP) is 2.29. The number of likely N-dealkylation sites (N-methyl/N-ethyl adjacent to an activating group) is 1. The second-order valence-electron chi connectivity index (χ2n) is 6.34. The van der Waals surface area contributed by atoms with Crippen LogP contribution in [-0.4, -0.2) is 38.1 Å². The van der Waals surface area contributed by atoms with Crippen molar-refractivity contribution in [1.29, 1.82) is 0 Å². The van der Waals surface area contributed by atoms with Crippen molar-refractivity contribution in [2.75, 3.05) is 16.8 Å². The smallest absolute Gasteiger partial charge is 0.406 e. The topological polar surface area (TPSA) is 126 Å². The molecule has 9 nitrogen and oxygen atoms in total. The number of alkyl halides is 3. The number of sulfonamides is 1. The predicted molar refractivity (Wildman–Crippen MR) is 115 cm³/mol. The maximum absolute atomic E-state index is 12.7. The second kappa shape index (κ2) is 8.72. The minimum Gasteiger partial charge on any atom is -0.406 e. The number of anilines is 2. The zero-order valence-electron chi connectivity index (χ0n) is 16.3. The van der Waals surface area contributed by atoms with E-state index in [0.29, 0.717) is 5.69 Å². The number of thiocarbonyl (C=S) groups is 1. The Kier molecular flexibility index (Phi) is 6.39. The number of carbonyl (C=O) groups excluding carboxylic acids is 1. The van der Waals surface area contributed by atoms with E-state index in [1.54, 1.807) is 13.0 Å². The molecule has 1 heterocycles. The lowest BCUT2D eigenvalue weighted by Gasteiger charge is -2.14. The third-order valence-corrected chi connectivity index (χ3v) is 5.38. The highest BCUT2D eigenvalue weighted by molar-refractivity contribution is 7.89. The summed E-state index contributed by atoms with van der Waals surface area (Å²) in [5, 5.41) is 11.5. The van der Waals surface area contributed by atoms with Crippen LogP contribution in [0, 0.1) is 0 Å². The van der Waals surface area contributed by atoms with Crippen LogP contribution in [0.1, 0.15) is 12.5 Å². The Bertz CT molecular complexity index is 1220. The number of hydrogen-bond donors (Lipinski definition) is 3. The number of nitrogens with zero attached hydrogens (tertiary/aromatic N) is 2. The molecule has 1 aliphatic heterocycles. The van der Waals surface area contributed by atoms with E-state index in [2.05, 4.69) is 20.6 Å². The fourth-order valence-corrected chi connectivity index (χ4v) is 3.84. The lowest BCUT2D eigenvalue weighted by atomic mass is 10.1. The van der Waals surface area contributed by atoms with Crippen LogP contribution in [0.15, 0.2) is 52.5 Å². The molecular weight excluding hydrogens is 471 g/mol. The van der Waals surface area contributed by atoms with Crippen molar-refractivity contribution in [3.8, 4) is 5.75 Å². The van der Waals surface area contributed by atoms with Crippen LogP contribution < -0.4 is 25.5 Å². The molecule has 3 rings (SSSR count). The Morgan fingerprint density at radius 2 is 1.94 bits per heavy atom. The number of benzene rings is 2. The van der Waals surface area contributed by atoms with Crippen molar-refractivity contribution in [3.05, 3.63) is 48.0 Å². The maximum atomic E-state index is 12.7. The summed E-state index contributed by atoms with van der Waals surface area (Å²) in [6.07, 6.45) is -4.90. The molecule has 0 saturated heterocycles. The van der Waals surface area contributed by atoms with Gasteiger partial charge in [-0.05, 0) is 49.5 Å². The second-order valence-corrected chi connectivity index (χ2v) is 8.28. The molecule has 1 aliphatic rings. The number of hydrogen-bond acceptors (Lipinski definition) is 6. The average Bonchev–Trinajstić information content (AvgIpc) is 2.94. The molecule has 0 radical (unpaired) electrons. The third-order valence-electron chi connectivity index (χ3n) is 4.22. The van der Waals surface area contributed by atoms with Crippen LogP contribution in [0.4, 0.5) is 24.5 Å². The Morgan fingerprint density at radius 1 is 1.25 bits per heavy atom. The molecule has 0 aromatic heterocycles. The van der Waals surface area contributed by atoms with Gasteiger partial charge in [0.25, 0.3) is 5.91 Å². The average molecular weight is 487 g/mol. The number of rotatable bonds is 5. The molecule has 0 atom stereocenters. The first-order valence-corrected chi connectivity index (χ1v) is 10.8. The summed E-state index contributed by atoms with van der Waals surface area (Å²) in [4.78, 5) is 13.8. The van der Waals surface area contributed by atoms with Gasteiger partial charge in [0.15, 0.2) is 10.8 Å². The Labute approximate surface area is 186 Å². The summed E-state index contributed by atoms with van der Waals surface area (Å²) in [6.45, 7) is 1.93. The summed E-state index contributed by atoms with van der Waals surface area (Å²) < 4.78 is 65.0. The number of ether oxygens (including phenoxy) is 1. The van der Waals surface area contributed by atoms with Gasteiger partial charge in [0.05, 0.1) is 11.4 Å². The molecular formula is C18H16F3N5O4S2. The minimum absolute atomic E-state index is 0.0712. The highest BCUT2D eigenvalue weighted by atomic mass is 32.2. The van der Waals surface area contributed by atoms with Crippen molar-refractivity contribution < 1.29 is 31.1 Å². The standard InChI is InChI=1S/C18H16F3N5O4S2/c1-2-26-13-8-7-10(30-18(19,20)21)9-11(13)15(16(26)27)24-25-17(31)23-12-5-3-4-6-14(12)32(22,28)29/h3-9H,2H2,1H3,(H2,22,28,29)(H2,23,25,31). The number of primary sulfonamides is 1. The molecule has 0 unspecified atom stereocenters. The van der Waals surface area contributed by atoms with E-state index >= 15 is 0 Å². The van der Waals surface area contributed by atoms with Crippen LogP contribution in [-0.2, 0) is 14.8 Å². The van der Waals surface area contributed by atoms with Crippen molar-refractivity contribution in [2.24, 2.45) is 10.2 Å². The van der Waals surface area contributed by atoms with Gasteiger partial charge in [0.2, 0.25) is 10.0 Å². The van der Waals surface area contributed by atoms with Crippen LogP contribution in [0.2, 0.25) is 0 Å². The fourth-order valence-electron chi connectivity index (χ4n) is 2.99. The SMILES string of the molecule is CCN1C(=O)C(=NNC(=S)Nc2ccccc2S(N)(=O)=O)c2cc(OC(F)(F)F)ccc21. The first kappa shape index (κ1) is 23.4. The molecule has 170 valence electrons. The van der Waals surface area contributed by atoms with Crippen molar-refractivity contribution in [1.82, 2.24) is 5.43 Å². The molecule has 2 aromatic carbocycles. The van der Waals surface area contributed by atoms with Crippen molar-refractivity contribution in [3.63, 3.8) is 0 Å². The zero-order chi connectivity index (χ0) is 23.7. The summed E-state index contributed by atoms with van der Waals surface area (Å²) in [7, 11) is -4.04. The number of para-hydroxylation sites is 1.